The van der Waals surface area contributed by atoms with Crippen LogP contribution in [0.2, 0.25) is 0 Å². The van der Waals surface area contributed by atoms with Gasteiger partial charge in [0.25, 0.3) is 5.56 Å². The average Bonchev–Trinajstić information content (AvgIpc) is 3.03. The van der Waals surface area contributed by atoms with Crippen molar-refractivity contribution >= 4 is 34.2 Å². The number of nitrogens with zero attached hydrogens (tertiary/aromatic N) is 3. The van der Waals surface area contributed by atoms with E-state index in [0.29, 0.717) is 23.3 Å². The van der Waals surface area contributed by atoms with E-state index in [1.165, 1.54) is 11.5 Å². The molecule has 2 heterocycles. The van der Waals surface area contributed by atoms with E-state index >= 15 is 0 Å². The zero-order valence-corrected chi connectivity index (χ0v) is 17.3. The Kier molecular flexibility index (Phi) is 7.91. The van der Waals surface area contributed by atoms with Crippen LogP contribution in [0.1, 0.15) is 42.9 Å². The Morgan fingerprint density at radius 1 is 1.30 bits per heavy atom. The Morgan fingerprint density at radius 3 is 2.70 bits per heavy atom. The third-order valence-corrected chi connectivity index (χ3v) is 5.30. The summed E-state index contributed by atoms with van der Waals surface area (Å²) < 4.78 is 6.13. The van der Waals surface area contributed by atoms with Crippen molar-refractivity contribution < 1.29 is 0 Å². The molecule has 0 bridgehead atoms. The number of rotatable bonds is 8. The summed E-state index contributed by atoms with van der Waals surface area (Å²) in [6.45, 7) is 5.91. The lowest BCUT2D eigenvalue weighted by atomic mass is 10.1. The molecule has 0 saturated heterocycles. The molecule has 0 saturated carbocycles. The van der Waals surface area contributed by atoms with E-state index in [4.69, 9.17) is 10.7 Å². The number of nitrogens with one attached hydrogen (secondary N) is 1. The van der Waals surface area contributed by atoms with Gasteiger partial charge in [-0.2, -0.15) is 4.37 Å². The van der Waals surface area contributed by atoms with Gasteiger partial charge in [-0.15, -0.1) is 12.4 Å². The summed E-state index contributed by atoms with van der Waals surface area (Å²) in [4.78, 5) is 18.8. The van der Waals surface area contributed by atoms with Crippen molar-refractivity contribution in [3.63, 3.8) is 0 Å². The van der Waals surface area contributed by atoms with Gasteiger partial charge in [0.15, 0.2) is 4.83 Å². The maximum atomic E-state index is 13.2. The highest BCUT2D eigenvalue weighted by atomic mass is 35.5. The molecule has 0 radical (unpaired) electrons. The van der Waals surface area contributed by atoms with Crippen molar-refractivity contribution in [1.82, 2.24) is 19.2 Å². The molecule has 0 fully saturated rings. The Labute approximate surface area is 169 Å². The molecule has 0 aliphatic rings. The maximum Gasteiger partial charge on any atom is 0.264 e. The third kappa shape index (κ3) is 4.73. The van der Waals surface area contributed by atoms with Gasteiger partial charge in [-0.05, 0) is 50.0 Å². The van der Waals surface area contributed by atoms with Crippen LogP contribution >= 0.6 is 23.9 Å². The second-order valence-corrected chi connectivity index (χ2v) is 7.10. The molecule has 1 atom stereocenters. The Bertz CT molecular complexity index is 925. The molecule has 1 aromatic carbocycles. The van der Waals surface area contributed by atoms with Gasteiger partial charge in [-0.25, -0.2) is 4.98 Å². The SMILES string of the molecule is CCC(NCCCN)c1nc2snc(C)c2c(=O)n1Cc1ccccc1.Cl. The highest BCUT2D eigenvalue weighted by molar-refractivity contribution is 7.12. The molecular weight excluding hydrogens is 382 g/mol. The minimum atomic E-state index is -0.0147. The van der Waals surface area contributed by atoms with Crippen LogP contribution in [0.4, 0.5) is 0 Å². The first kappa shape index (κ1) is 21.5. The zero-order valence-electron chi connectivity index (χ0n) is 15.6. The molecule has 3 N–H and O–H groups in total. The van der Waals surface area contributed by atoms with Gasteiger partial charge < -0.3 is 11.1 Å². The van der Waals surface area contributed by atoms with Crippen LogP contribution in [0.3, 0.4) is 0 Å². The summed E-state index contributed by atoms with van der Waals surface area (Å²) >= 11 is 1.29. The van der Waals surface area contributed by atoms with Crippen LogP contribution in [-0.4, -0.2) is 27.0 Å². The fraction of sp³-hybridized carbons (Fsp3) is 0.421. The molecule has 0 aliphatic heterocycles. The van der Waals surface area contributed by atoms with Gasteiger partial charge in [0.2, 0.25) is 0 Å². The molecule has 2 aromatic heterocycles. The highest BCUT2D eigenvalue weighted by Gasteiger charge is 2.21. The zero-order chi connectivity index (χ0) is 18.5. The van der Waals surface area contributed by atoms with E-state index in [-0.39, 0.29) is 24.0 Å². The molecule has 0 aliphatic carbocycles. The fourth-order valence-electron chi connectivity index (χ4n) is 3.07. The molecular formula is C19H26ClN5OS. The summed E-state index contributed by atoms with van der Waals surface area (Å²) in [5.41, 5.74) is 7.42. The van der Waals surface area contributed by atoms with Gasteiger partial charge in [-0.1, -0.05) is 37.3 Å². The van der Waals surface area contributed by atoms with Crippen molar-refractivity contribution in [2.75, 3.05) is 13.1 Å². The number of aryl methyl sites for hydroxylation is 1. The molecule has 27 heavy (non-hydrogen) atoms. The van der Waals surface area contributed by atoms with Crippen molar-refractivity contribution in [2.45, 2.75) is 39.3 Å². The molecule has 1 unspecified atom stereocenters. The summed E-state index contributed by atoms with van der Waals surface area (Å²) in [5, 5.41) is 4.12. The van der Waals surface area contributed by atoms with Crippen molar-refractivity contribution in [3.05, 3.63) is 57.8 Å². The topological polar surface area (TPSA) is 85.8 Å². The van der Waals surface area contributed by atoms with E-state index in [1.807, 2.05) is 37.3 Å². The van der Waals surface area contributed by atoms with Crippen LogP contribution in [0, 0.1) is 6.92 Å². The van der Waals surface area contributed by atoms with Crippen molar-refractivity contribution in [2.24, 2.45) is 5.73 Å². The van der Waals surface area contributed by atoms with E-state index in [1.54, 1.807) is 4.57 Å². The van der Waals surface area contributed by atoms with Crippen LogP contribution in [0.5, 0.6) is 0 Å². The average molecular weight is 408 g/mol. The largest absolute Gasteiger partial charge is 0.330 e. The molecule has 3 rings (SSSR count). The Morgan fingerprint density at radius 2 is 2.04 bits per heavy atom. The van der Waals surface area contributed by atoms with Gasteiger partial charge in [-0.3, -0.25) is 9.36 Å². The monoisotopic (exact) mass is 407 g/mol. The molecule has 8 heteroatoms. The van der Waals surface area contributed by atoms with Crippen LogP contribution in [0.25, 0.3) is 10.2 Å². The lowest BCUT2D eigenvalue weighted by Crippen LogP contribution is -2.33. The molecule has 6 nitrogen and oxygen atoms in total. The second-order valence-electron chi connectivity index (χ2n) is 6.35. The highest BCUT2D eigenvalue weighted by Crippen LogP contribution is 2.22. The van der Waals surface area contributed by atoms with Crippen molar-refractivity contribution in [1.29, 1.82) is 0 Å². The lowest BCUT2D eigenvalue weighted by Gasteiger charge is -2.21. The molecule has 0 spiro atoms. The first-order valence-corrected chi connectivity index (χ1v) is 9.77. The van der Waals surface area contributed by atoms with E-state index in [2.05, 4.69) is 16.6 Å². The number of hydrogen-bond acceptors (Lipinski definition) is 6. The van der Waals surface area contributed by atoms with Gasteiger partial charge in [0, 0.05) is 0 Å². The van der Waals surface area contributed by atoms with Gasteiger partial charge in [0.1, 0.15) is 5.82 Å². The minimum Gasteiger partial charge on any atom is -0.330 e. The molecule has 3 aromatic rings. The number of fused-ring (bicyclic) bond motifs is 1. The fourth-order valence-corrected chi connectivity index (χ4v) is 3.84. The molecule has 146 valence electrons. The first-order chi connectivity index (χ1) is 12.7. The van der Waals surface area contributed by atoms with Crippen LogP contribution in [0.15, 0.2) is 35.1 Å². The predicted molar refractivity (Wildman–Crippen MR) is 114 cm³/mol. The lowest BCUT2D eigenvalue weighted by molar-refractivity contribution is 0.464. The van der Waals surface area contributed by atoms with Gasteiger partial charge in [0.05, 0.1) is 23.7 Å². The summed E-state index contributed by atoms with van der Waals surface area (Å²) in [6, 6.07) is 10.0. The molecule has 0 amide bonds. The predicted octanol–water partition coefficient (Wildman–Crippen LogP) is 3.02. The van der Waals surface area contributed by atoms with E-state index in [9.17, 15) is 4.79 Å². The summed E-state index contributed by atoms with van der Waals surface area (Å²) in [7, 11) is 0. The summed E-state index contributed by atoms with van der Waals surface area (Å²) in [6.07, 6.45) is 1.73. The quantitative estimate of drug-likeness (QED) is 0.560. The van der Waals surface area contributed by atoms with Crippen LogP contribution < -0.4 is 16.6 Å². The number of hydrogen-bond donors (Lipinski definition) is 2. The van der Waals surface area contributed by atoms with E-state index in [0.717, 1.165) is 36.5 Å². The normalized spacial score (nSPS) is 12.1. The van der Waals surface area contributed by atoms with Crippen LogP contribution in [-0.2, 0) is 6.54 Å². The number of aromatic nitrogens is 3. The van der Waals surface area contributed by atoms with Gasteiger partial charge >= 0.3 is 0 Å². The third-order valence-electron chi connectivity index (χ3n) is 4.47. The second kappa shape index (κ2) is 9.94. The maximum absolute atomic E-state index is 13.2. The van der Waals surface area contributed by atoms with Crippen molar-refractivity contribution in [3.8, 4) is 0 Å². The Hall–Kier alpha value is -1.80. The van der Waals surface area contributed by atoms with E-state index < -0.39 is 0 Å². The number of benzene rings is 1. The Balaban J connectivity index is 0.00000261. The minimum absolute atomic E-state index is 0. The smallest absolute Gasteiger partial charge is 0.264 e. The number of halogens is 1. The standard InChI is InChI=1S/C19H25N5OS.ClH/c1-3-15(21-11-7-10-20)17-22-18-16(13(2)23-26-18)19(25)24(17)12-14-8-5-4-6-9-14;/h4-6,8-9,15,21H,3,7,10-12,20H2,1-2H3;1H. The summed E-state index contributed by atoms with van der Waals surface area (Å²) in [5.74, 6) is 0.773. The first-order valence-electron chi connectivity index (χ1n) is 8.99. The number of nitrogens with two attached hydrogens (primary N) is 1.